The molecule has 19 nitrogen and oxygen atoms in total. The highest BCUT2D eigenvalue weighted by atomic mass is 16.6. The Bertz CT molecular complexity index is 1470. The first-order chi connectivity index (χ1) is 23.0. The predicted octanol–water partition coefficient (Wildman–Crippen LogP) is -0.177. The van der Waals surface area contributed by atoms with Crippen LogP contribution in [0.4, 0.5) is 4.79 Å². The van der Waals surface area contributed by atoms with Crippen molar-refractivity contribution in [2.45, 2.75) is 58.7 Å². The van der Waals surface area contributed by atoms with Gasteiger partial charge in [0.2, 0.25) is 23.6 Å². The second-order valence-electron chi connectivity index (χ2n) is 11.4. The van der Waals surface area contributed by atoms with Crippen LogP contribution in [0.1, 0.15) is 71.9 Å². The zero-order valence-corrected chi connectivity index (χ0v) is 26.9. The first kappa shape index (κ1) is 39.2. The van der Waals surface area contributed by atoms with E-state index in [4.69, 9.17) is 15.2 Å². The standard InChI is InChI=1S/C30H39N7O12/c1-30(2,3)49-29(46)34-33-23(40)5-4-6-26(43)37(15-24(41)31-13-17-7-9-19(21(38)11-17)27(44)35-47)16-25(42)32-14-18-8-10-20(22(39)12-18)28(45)36-48/h7-12,38-39,47-48H,4-6,13-16H2,1-3H3,(H,31,41)(H,32,42)(H,33,40)(H,34,46)(H,35,44)(H,36,45). The molecule has 0 heterocycles. The Morgan fingerprint density at radius 3 is 1.57 bits per heavy atom. The number of rotatable bonds is 14. The molecule has 0 spiro atoms. The summed E-state index contributed by atoms with van der Waals surface area (Å²) < 4.78 is 5.01. The molecule has 0 fully saturated rings. The number of benzene rings is 2. The lowest BCUT2D eigenvalue weighted by atomic mass is 10.1. The second-order valence-corrected chi connectivity index (χ2v) is 11.4. The lowest BCUT2D eigenvalue weighted by Gasteiger charge is -2.22. The second kappa shape index (κ2) is 18.4. The van der Waals surface area contributed by atoms with E-state index in [0.717, 1.165) is 4.90 Å². The van der Waals surface area contributed by atoms with Crippen LogP contribution in [0.15, 0.2) is 36.4 Å². The summed E-state index contributed by atoms with van der Waals surface area (Å²) in [6, 6.07) is 7.62. The fourth-order valence-electron chi connectivity index (χ4n) is 4.02. The van der Waals surface area contributed by atoms with Gasteiger partial charge in [0, 0.05) is 25.9 Å². The van der Waals surface area contributed by atoms with Gasteiger partial charge in [-0.15, -0.1) is 0 Å². The zero-order valence-electron chi connectivity index (χ0n) is 26.9. The molecule has 0 atom stereocenters. The summed E-state index contributed by atoms with van der Waals surface area (Å²) >= 11 is 0. The molecule has 0 saturated carbocycles. The van der Waals surface area contributed by atoms with E-state index < -0.39 is 71.7 Å². The Balaban J connectivity index is 2.02. The molecule has 0 aliphatic carbocycles. The van der Waals surface area contributed by atoms with Gasteiger partial charge in [0.25, 0.3) is 11.8 Å². The SMILES string of the molecule is CC(C)(C)OC(=O)NNC(=O)CCCC(=O)N(CC(=O)NCc1ccc(C(=O)NO)c(O)c1)CC(=O)NCc1ccc(C(=O)NO)c(O)c1. The Kier molecular flexibility index (Phi) is 14.7. The molecule has 0 aliphatic rings. The summed E-state index contributed by atoms with van der Waals surface area (Å²) in [5, 5.41) is 42.6. The van der Waals surface area contributed by atoms with Crippen LogP contribution >= 0.6 is 0 Å². The molecule has 49 heavy (non-hydrogen) atoms. The minimum absolute atomic E-state index is 0.0134. The van der Waals surface area contributed by atoms with Crippen LogP contribution < -0.4 is 32.4 Å². The molecule has 19 heteroatoms. The number of phenolic OH excluding ortho intramolecular Hbond substituents is 2. The molecule has 2 rings (SSSR count). The van der Waals surface area contributed by atoms with Crippen LogP contribution in [0.2, 0.25) is 0 Å². The van der Waals surface area contributed by atoms with Crippen LogP contribution in [0.25, 0.3) is 0 Å². The molecule has 2 aromatic rings. The molecule has 10 N–H and O–H groups in total. The number of nitrogens with one attached hydrogen (secondary N) is 6. The van der Waals surface area contributed by atoms with Crippen molar-refractivity contribution in [2.75, 3.05) is 13.1 Å². The number of ether oxygens (including phenoxy) is 1. The third kappa shape index (κ3) is 13.7. The first-order valence-corrected chi connectivity index (χ1v) is 14.6. The van der Waals surface area contributed by atoms with Gasteiger partial charge in [0.05, 0.1) is 11.1 Å². The molecule has 0 radical (unpaired) electrons. The third-order valence-electron chi connectivity index (χ3n) is 6.31. The highest BCUT2D eigenvalue weighted by Gasteiger charge is 2.22. The number of nitrogens with zero attached hydrogens (tertiary/aromatic N) is 1. The van der Waals surface area contributed by atoms with Crippen LogP contribution in [-0.2, 0) is 37.0 Å². The number of carbonyl (C=O) groups is 7. The van der Waals surface area contributed by atoms with Crippen LogP contribution in [-0.4, -0.2) is 85.8 Å². The molecule has 0 saturated heterocycles. The van der Waals surface area contributed by atoms with Gasteiger partial charge in [-0.05, 0) is 62.6 Å². The number of phenols is 2. The fraction of sp³-hybridized carbons (Fsp3) is 0.367. The monoisotopic (exact) mass is 689 g/mol. The molecular formula is C30H39N7O12. The van der Waals surface area contributed by atoms with Crippen LogP contribution in [0.3, 0.4) is 0 Å². The van der Waals surface area contributed by atoms with Crippen molar-refractivity contribution in [2.24, 2.45) is 0 Å². The molecular weight excluding hydrogens is 650 g/mol. The molecule has 0 aromatic heterocycles. The minimum Gasteiger partial charge on any atom is -0.507 e. The van der Waals surface area contributed by atoms with E-state index in [2.05, 4.69) is 21.5 Å². The first-order valence-electron chi connectivity index (χ1n) is 14.6. The van der Waals surface area contributed by atoms with E-state index >= 15 is 0 Å². The number of carbonyl (C=O) groups excluding carboxylic acids is 7. The average molecular weight is 690 g/mol. The smallest absolute Gasteiger partial charge is 0.426 e. The van der Waals surface area contributed by atoms with Gasteiger partial charge in [-0.2, -0.15) is 0 Å². The number of aromatic hydroxyl groups is 2. The summed E-state index contributed by atoms with van der Waals surface area (Å²) in [4.78, 5) is 86.5. The number of hydrazine groups is 1. The Labute approximate surface area is 279 Å². The maximum absolute atomic E-state index is 13.1. The predicted molar refractivity (Wildman–Crippen MR) is 166 cm³/mol. The van der Waals surface area contributed by atoms with Gasteiger partial charge in [-0.25, -0.2) is 21.2 Å². The number of amides is 7. The van der Waals surface area contributed by atoms with Gasteiger partial charge in [-0.3, -0.25) is 44.6 Å². The number of hydrogen-bond donors (Lipinski definition) is 10. The van der Waals surface area contributed by atoms with Crippen molar-refractivity contribution >= 4 is 41.5 Å². The molecule has 0 unspecified atom stereocenters. The minimum atomic E-state index is -0.944. The molecule has 266 valence electrons. The zero-order chi connectivity index (χ0) is 36.7. The Morgan fingerprint density at radius 1 is 0.694 bits per heavy atom. The van der Waals surface area contributed by atoms with E-state index in [1.54, 1.807) is 20.8 Å². The van der Waals surface area contributed by atoms with E-state index in [1.165, 1.54) is 47.4 Å². The van der Waals surface area contributed by atoms with Crippen molar-refractivity contribution in [1.29, 1.82) is 0 Å². The van der Waals surface area contributed by atoms with Crippen molar-refractivity contribution < 1.29 is 58.9 Å². The number of hydroxylamine groups is 2. The molecule has 0 aliphatic heterocycles. The number of hydrogen-bond acceptors (Lipinski definition) is 12. The van der Waals surface area contributed by atoms with Crippen LogP contribution in [0.5, 0.6) is 11.5 Å². The maximum Gasteiger partial charge on any atom is 0.426 e. The van der Waals surface area contributed by atoms with Gasteiger partial charge in [-0.1, -0.05) is 12.1 Å². The maximum atomic E-state index is 13.1. The highest BCUT2D eigenvalue weighted by Crippen LogP contribution is 2.20. The molecule has 2 aromatic carbocycles. The Morgan fingerprint density at radius 2 is 1.16 bits per heavy atom. The summed E-state index contributed by atoms with van der Waals surface area (Å²) in [5.74, 6) is -5.49. The van der Waals surface area contributed by atoms with E-state index in [1.807, 2.05) is 0 Å². The van der Waals surface area contributed by atoms with Crippen molar-refractivity contribution in [3.05, 3.63) is 58.7 Å². The van der Waals surface area contributed by atoms with Crippen molar-refractivity contribution in [3.63, 3.8) is 0 Å². The third-order valence-corrected chi connectivity index (χ3v) is 6.31. The lowest BCUT2D eigenvalue weighted by Crippen LogP contribution is -2.46. The van der Waals surface area contributed by atoms with Gasteiger partial charge < -0.3 is 30.5 Å². The van der Waals surface area contributed by atoms with Crippen molar-refractivity contribution in [3.8, 4) is 11.5 Å². The molecule has 7 amide bonds. The fourth-order valence-corrected chi connectivity index (χ4v) is 4.02. The highest BCUT2D eigenvalue weighted by molar-refractivity contribution is 5.96. The summed E-state index contributed by atoms with van der Waals surface area (Å²) in [6.07, 6.45) is -1.36. The molecule has 0 bridgehead atoms. The van der Waals surface area contributed by atoms with Crippen molar-refractivity contribution in [1.82, 2.24) is 37.3 Å². The quantitative estimate of drug-likeness (QED) is 0.0914. The lowest BCUT2D eigenvalue weighted by molar-refractivity contribution is -0.139. The normalized spacial score (nSPS) is 10.6. The average Bonchev–Trinajstić information content (AvgIpc) is 3.03. The topological polar surface area (TPSA) is 285 Å². The largest absolute Gasteiger partial charge is 0.507 e. The summed E-state index contributed by atoms with van der Waals surface area (Å²) in [5.41, 5.74) is 6.53. The van der Waals surface area contributed by atoms with E-state index in [9.17, 15) is 43.8 Å². The van der Waals surface area contributed by atoms with Gasteiger partial charge >= 0.3 is 6.09 Å². The van der Waals surface area contributed by atoms with E-state index in [0.29, 0.717) is 11.1 Å². The Hall–Kier alpha value is -5.95. The van der Waals surface area contributed by atoms with Gasteiger partial charge in [0.15, 0.2) is 0 Å². The summed E-state index contributed by atoms with van der Waals surface area (Å²) in [6.45, 7) is 3.47. The van der Waals surface area contributed by atoms with E-state index in [-0.39, 0.29) is 43.5 Å². The summed E-state index contributed by atoms with van der Waals surface area (Å²) in [7, 11) is 0. The van der Waals surface area contributed by atoms with Crippen LogP contribution in [0, 0.1) is 0 Å². The van der Waals surface area contributed by atoms with Gasteiger partial charge in [0.1, 0.15) is 30.2 Å².